The van der Waals surface area contributed by atoms with Gasteiger partial charge in [-0.1, -0.05) is 25.5 Å². The van der Waals surface area contributed by atoms with Gasteiger partial charge in [-0.25, -0.2) is 17.6 Å². The van der Waals surface area contributed by atoms with Crippen LogP contribution in [0.4, 0.5) is 17.6 Å². The molecule has 0 spiro atoms. The molecule has 1 saturated carbocycles. The molecular weight excluding hydrogens is 432 g/mol. The molecule has 0 bridgehead atoms. The second-order valence-electron chi connectivity index (χ2n) is 9.48. The zero-order chi connectivity index (χ0) is 23.4. The minimum absolute atomic E-state index is 0.0554. The lowest BCUT2D eigenvalue weighted by molar-refractivity contribution is -0.0575. The molecule has 2 aliphatic rings. The van der Waals surface area contributed by atoms with E-state index in [0.29, 0.717) is 17.9 Å². The lowest BCUT2D eigenvalue weighted by Gasteiger charge is -2.38. The Morgan fingerprint density at radius 1 is 0.909 bits per heavy atom. The highest BCUT2D eigenvalue weighted by molar-refractivity contribution is 5.66. The maximum absolute atomic E-state index is 14.9. The van der Waals surface area contributed by atoms with E-state index in [1.54, 1.807) is 6.07 Å². The highest BCUT2D eigenvalue weighted by atomic mass is 19.1. The third-order valence-corrected chi connectivity index (χ3v) is 7.37. The second-order valence-corrected chi connectivity index (χ2v) is 9.48. The SMILES string of the molecule is CCCC1CCC(C2CCC(c3ccc(-c4cc(F)c(OCF)c(F)c4)c(F)c3)CC2)OC1. The Balaban J connectivity index is 1.38. The first-order chi connectivity index (χ1) is 16.0. The van der Waals surface area contributed by atoms with E-state index >= 15 is 0 Å². The van der Waals surface area contributed by atoms with E-state index in [-0.39, 0.29) is 17.0 Å². The van der Waals surface area contributed by atoms with Crippen LogP contribution < -0.4 is 4.74 Å². The summed E-state index contributed by atoms with van der Waals surface area (Å²) >= 11 is 0. The summed E-state index contributed by atoms with van der Waals surface area (Å²) < 4.78 is 65.9. The molecule has 1 aliphatic carbocycles. The van der Waals surface area contributed by atoms with E-state index in [0.717, 1.165) is 56.4 Å². The number of hydrogen-bond donors (Lipinski definition) is 0. The van der Waals surface area contributed by atoms with E-state index < -0.39 is 30.1 Å². The van der Waals surface area contributed by atoms with Gasteiger partial charge in [0.2, 0.25) is 6.86 Å². The van der Waals surface area contributed by atoms with Crippen LogP contribution in [0, 0.1) is 29.3 Å². The summed E-state index contributed by atoms with van der Waals surface area (Å²) in [6, 6.07) is 6.82. The first-order valence-corrected chi connectivity index (χ1v) is 12.1. The van der Waals surface area contributed by atoms with Gasteiger partial charge in [-0.3, -0.25) is 0 Å². The van der Waals surface area contributed by atoms with Gasteiger partial charge in [-0.15, -0.1) is 0 Å². The fourth-order valence-electron chi connectivity index (χ4n) is 5.59. The summed E-state index contributed by atoms with van der Waals surface area (Å²) in [7, 11) is 0. The zero-order valence-corrected chi connectivity index (χ0v) is 19.1. The van der Waals surface area contributed by atoms with Gasteiger partial charge in [0.15, 0.2) is 17.4 Å². The third kappa shape index (κ3) is 5.53. The van der Waals surface area contributed by atoms with Crippen molar-refractivity contribution < 1.29 is 27.0 Å². The van der Waals surface area contributed by atoms with Gasteiger partial charge in [-0.05, 0) is 92.0 Å². The molecule has 2 unspecified atom stereocenters. The molecule has 4 rings (SSSR count). The lowest BCUT2D eigenvalue weighted by atomic mass is 9.75. The van der Waals surface area contributed by atoms with Gasteiger partial charge >= 0.3 is 0 Å². The van der Waals surface area contributed by atoms with Crippen LogP contribution in [0.2, 0.25) is 0 Å². The highest BCUT2D eigenvalue weighted by Gasteiger charge is 2.32. The van der Waals surface area contributed by atoms with Crippen molar-refractivity contribution in [2.24, 2.45) is 11.8 Å². The van der Waals surface area contributed by atoms with Crippen molar-refractivity contribution in [1.82, 2.24) is 0 Å². The van der Waals surface area contributed by atoms with Crippen molar-refractivity contribution in [2.75, 3.05) is 13.5 Å². The molecule has 1 saturated heterocycles. The van der Waals surface area contributed by atoms with Crippen LogP contribution in [0.1, 0.15) is 69.8 Å². The van der Waals surface area contributed by atoms with Crippen LogP contribution in [-0.2, 0) is 4.74 Å². The molecule has 1 aliphatic heterocycles. The molecular formula is C27H32F4O2. The molecule has 0 aromatic heterocycles. The monoisotopic (exact) mass is 464 g/mol. The molecule has 1 heterocycles. The largest absolute Gasteiger partial charge is 0.457 e. The fraction of sp³-hybridized carbons (Fsp3) is 0.556. The smallest absolute Gasteiger partial charge is 0.228 e. The van der Waals surface area contributed by atoms with E-state index in [4.69, 9.17) is 4.74 Å². The van der Waals surface area contributed by atoms with Gasteiger partial charge in [-0.2, -0.15) is 0 Å². The number of hydrogen-bond acceptors (Lipinski definition) is 2. The summed E-state index contributed by atoms with van der Waals surface area (Å²) in [6.07, 6.45) is 9.33. The van der Waals surface area contributed by atoms with Gasteiger partial charge in [0.25, 0.3) is 0 Å². The van der Waals surface area contributed by atoms with Crippen molar-refractivity contribution in [3.8, 4) is 16.9 Å². The average Bonchev–Trinajstić information content (AvgIpc) is 2.82. The molecule has 0 radical (unpaired) electrons. The summed E-state index contributed by atoms with van der Waals surface area (Å²) in [5, 5.41) is 0. The summed E-state index contributed by atoms with van der Waals surface area (Å²) in [6.45, 7) is 1.76. The number of benzene rings is 2. The topological polar surface area (TPSA) is 18.5 Å². The Kier molecular flexibility index (Phi) is 7.94. The molecule has 2 nitrogen and oxygen atoms in total. The quantitative estimate of drug-likeness (QED) is 0.387. The maximum atomic E-state index is 14.9. The molecule has 2 aromatic rings. The van der Waals surface area contributed by atoms with Crippen LogP contribution >= 0.6 is 0 Å². The Morgan fingerprint density at radius 2 is 1.64 bits per heavy atom. The number of rotatable bonds is 7. The van der Waals surface area contributed by atoms with Crippen LogP contribution in [0.5, 0.6) is 5.75 Å². The zero-order valence-electron chi connectivity index (χ0n) is 19.1. The minimum Gasteiger partial charge on any atom is -0.457 e. The van der Waals surface area contributed by atoms with E-state index in [1.807, 2.05) is 6.07 Å². The molecule has 0 amide bonds. The predicted octanol–water partition coefficient (Wildman–Crippen LogP) is 7.95. The van der Waals surface area contributed by atoms with Crippen molar-refractivity contribution >= 4 is 0 Å². The first kappa shape index (κ1) is 24.1. The molecule has 2 aromatic carbocycles. The molecule has 2 fully saturated rings. The molecule has 33 heavy (non-hydrogen) atoms. The summed E-state index contributed by atoms with van der Waals surface area (Å²) in [4.78, 5) is 0. The standard InChI is InChI=1S/C27H32F4O2/c1-2-3-17-4-11-26(32-15-17)19-7-5-18(6-8-19)20-9-10-22(23(29)12-20)21-13-24(30)27(33-16-28)25(31)14-21/h9-10,12-14,17-19,26H,2-8,11,15-16H2,1H3. The van der Waals surface area contributed by atoms with E-state index in [2.05, 4.69) is 11.7 Å². The van der Waals surface area contributed by atoms with Gasteiger partial charge in [0.05, 0.1) is 6.10 Å². The van der Waals surface area contributed by atoms with Gasteiger partial charge in [0, 0.05) is 12.2 Å². The maximum Gasteiger partial charge on any atom is 0.228 e. The molecule has 180 valence electrons. The van der Waals surface area contributed by atoms with Crippen LogP contribution in [-0.4, -0.2) is 19.6 Å². The molecule has 2 atom stereocenters. The van der Waals surface area contributed by atoms with Gasteiger partial charge < -0.3 is 9.47 Å². The summed E-state index contributed by atoms with van der Waals surface area (Å²) in [5.41, 5.74) is 1.08. The second kappa shape index (κ2) is 10.9. The Morgan fingerprint density at radius 3 is 2.21 bits per heavy atom. The Bertz CT molecular complexity index is 909. The Labute approximate surface area is 193 Å². The average molecular weight is 465 g/mol. The number of alkyl halides is 1. The number of ether oxygens (including phenoxy) is 2. The van der Waals surface area contributed by atoms with Crippen molar-refractivity contribution in [3.05, 3.63) is 53.3 Å². The van der Waals surface area contributed by atoms with Crippen molar-refractivity contribution in [2.45, 2.75) is 70.3 Å². The van der Waals surface area contributed by atoms with Gasteiger partial charge in [0.1, 0.15) is 5.82 Å². The van der Waals surface area contributed by atoms with Crippen molar-refractivity contribution in [1.29, 1.82) is 0 Å². The van der Waals surface area contributed by atoms with E-state index in [1.165, 1.54) is 25.3 Å². The first-order valence-electron chi connectivity index (χ1n) is 12.1. The summed E-state index contributed by atoms with van der Waals surface area (Å²) in [5.74, 6) is -1.88. The van der Waals surface area contributed by atoms with Crippen molar-refractivity contribution in [3.63, 3.8) is 0 Å². The number of halogens is 4. The fourth-order valence-corrected chi connectivity index (χ4v) is 5.59. The van der Waals surface area contributed by atoms with Crippen LogP contribution in [0.3, 0.4) is 0 Å². The van der Waals surface area contributed by atoms with Crippen LogP contribution in [0.25, 0.3) is 11.1 Å². The van der Waals surface area contributed by atoms with E-state index in [9.17, 15) is 17.6 Å². The normalized spacial score (nSPS) is 25.7. The van der Waals surface area contributed by atoms with Crippen LogP contribution in [0.15, 0.2) is 30.3 Å². The molecule has 0 N–H and O–H groups in total. The third-order valence-electron chi connectivity index (χ3n) is 7.37. The lowest BCUT2D eigenvalue weighted by Crippen LogP contribution is -2.34. The minimum atomic E-state index is -1.34. The highest BCUT2D eigenvalue weighted by Crippen LogP contribution is 2.41. The predicted molar refractivity (Wildman–Crippen MR) is 120 cm³/mol. The molecule has 6 heteroatoms. The Hall–Kier alpha value is -2.08.